The number of aliphatic carboxylic acids is 4. The number of hydrogen-bond donors (Lipinski definition) is 24. The first-order valence-corrected chi connectivity index (χ1v) is 30.2. The third kappa shape index (κ3) is 16.4. The van der Waals surface area contributed by atoms with E-state index in [1.54, 1.807) is 0 Å². The highest BCUT2D eigenvalue weighted by molar-refractivity contribution is 5.79. The van der Waals surface area contributed by atoms with Crippen LogP contribution in [0.2, 0.25) is 0 Å². The Labute approximate surface area is 565 Å². The van der Waals surface area contributed by atoms with Crippen molar-refractivity contribution < 1.29 is 246 Å². The van der Waals surface area contributed by atoms with Crippen LogP contribution in [0.5, 0.6) is 0 Å². The van der Waals surface area contributed by atoms with Crippen LogP contribution < -0.4 is 0 Å². The monoisotopic (exact) mass is 1500 g/mol. The Hall–Kier alpha value is -5.60. The van der Waals surface area contributed by atoms with E-state index in [1.807, 2.05) is 0 Å². The lowest BCUT2D eigenvalue weighted by molar-refractivity contribution is -0.378. The molecule has 0 aromatic carbocycles. The van der Waals surface area contributed by atoms with Crippen LogP contribution in [0.15, 0.2) is 0 Å². The molecule has 12 heterocycles. The maximum absolute atomic E-state index is 14.1. The summed E-state index contributed by atoms with van der Waals surface area (Å²) in [5, 5.41) is 259. The molecule has 8 bridgehead atoms. The normalized spacial score (nSPS) is 49.9. The fraction of sp³-hybridized carbons (Fsp3) is 0.846. The molecular weight excluding hydrogens is 1420 g/mol. The van der Waals surface area contributed by atoms with Crippen LogP contribution in [0.25, 0.3) is 0 Å². The molecule has 0 amide bonds. The quantitative estimate of drug-likeness (QED) is 0.0793. The van der Waals surface area contributed by atoms with Gasteiger partial charge in [0, 0.05) is 0 Å². The fourth-order valence-electron chi connectivity index (χ4n) is 11.7. The summed E-state index contributed by atoms with van der Waals surface area (Å²) in [7, 11) is 0. The van der Waals surface area contributed by atoms with E-state index in [2.05, 4.69) is 0 Å². The van der Waals surface area contributed by atoms with E-state index in [0.717, 1.165) is 0 Å². The minimum Gasteiger partial charge on any atom is -0.479 e. The van der Waals surface area contributed by atoms with E-state index in [1.165, 1.54) is 0 Å². The molecule has 0 radical (unpaired) electrons. The molecule has 12 saturated heterocycles. The molecule has 12 aliphatic heterocycles. The van der Waals surface area contributed by atoms with Gasteiger partial charge in [0.25, 0.3) is 0 Å². The number of rotatable bonds is 8. The van der Waals surface area contributed by atoms with Gasteiger partial charge in [0.1, 0.15) is 173 Å². The highest BCUT2D eigenvalue weighted by Gasteiger charge is 2.62. The van der Waals surface area contributed by atoms with Gasteiger partial charge in [-0.05, 0) is 0 Å². The van der Waals surface area contributed by atoms with E-state index in [-0.39, 0.29) is 0 Å². The first-order valence-electron chi connectivity index (χ1n) is 30.2. The van der Waals surface area contributed by atoms with Crippen molar-refractivity contribution in [3.63, 3.8) is 0 Å². The van der Waals surface area contributed by atoms with Gasteiger partial charge in [0.15, 0.2) is 99.2 Å². The van der Waals surface area contributed by atoms with Gasteiger partial charge in [0.05, 0.1) is 0 Å². The SMILES string of the molecule is O=C(O)C1O[C@@H](O)[C@H](O)[C@@H](O)[C@@H]1O[C@@H]1O[C@@H]2C(=O)OCCOC(=O)C3O[C@@H](O)[C@H](O)[C@@H](O)[C@@H]3O[C@@H]3O[C@H](C(=O)O)[C@@H](O[C@@H]4OC(C(=O)OCCOC(=O)[C@H]5O[C@@H](O[C@@H]6C(C(=O)O)O[C@@H](O[C@H]2[C@H](O)[C@H]1O)[C@H](O)[C@H]6O)[C@H](O)[C@@H](O)[C@@H]5O)[C@@H](O[C@@H]1O[C@H](C(=O)O)[C@@H](O)[C@H](O)[C@H]1O)[C@H](O)[C@H]4O)[C@H](O)[C@H]3O. The fourth-order valence-corrected chi connectivity index (χ4v) is 11.7. The lowest BCUT2D eigenvalue weighted by atomic mass is 9.95. The van der Waals surface area contributed by atoms with E-state index in [0.29, 0.717) is 0 Å². The van der Waals surface area contributed by atoms with Gasteiger partial charge in [-0.25, -0.2) is 38.4 Å². The van der Waals surface area contributed by atoms with Gasteiger partial charge in [-0.15, -0.1) is 0 Å². The van der Waals surface area contributed by atoms with Crippen molar-refractivity contribution in [2.75, 3.05) is 26.4 Å². The number of carboxylic acids is 4. The zero-order valence-electron chi connectivity index (χ0n) is 51.3. The summed E-state index contributed by atoms with van der Waals surface area (Å²) in [4.78, 5) is 105. The van der Waals surface area contributed by atoms with Gasteiger partial charge >= 0.3 is 47.8 Å². The second-order valence-corrected chi connectivity index (χ2v) is 23.9. The number of aliphatic hydroxyl groups excluding tert-OH is 20. The van der Waals surface area contributed by atoms with Crippen LogP contribution in [0.4, 0.5) is 0 Å². The Morgan fingerprint density at radius 1 is 0.255 bits per heavy atom. The molecule has 12 aliphatic rings. The Kier molecular flexibility index (Phi) is 26.1. The maximum atomic E-state index is 14.1. The third-order valence-corrected chi connectivity index (χ3v) is 17.2. The highest BCUT2D eigenvalue weighted by Crippen LogP contribution is 2.39. The van der Waals surface area contributed by atoms with Gasteiger partial charge < -0.3 is 208 Å². The first-order chi connectivity index (χ1) is 47.9. The molecular formula is C52H72O50. The van der Waals surface area contributed by atoms with Crippen LogP contribution in [0.3, 0.4) is 0 Å². The van der Waals surface area contributed by atoms with E-state index in [9.17, 15) is 161 Å². The molecule has 0 spiro atoms. The lowest BCUT2D eigenvalue weighted by Crippen LogP contribution is -2.68. The van der Waals surface area contributed by atoms with Gasteiger partial charge in [0.2, 0.25) is 0 Å². The molecule has 12 rings (SSSR count). The average Bonchev–Trinajstić information content (AvgIpc) is 0.772. The van der Waals surface area contributed by atoms with E-state index >= 15 is 0 Å². The third-order valence-electron chi connectivity index (χ3n) is 17.2. The van der Waals surface area contributed by atoms with Gasteiger partial charge in [-0.1, -0.05) is 0 Å². The molecule has 0 aromatic heterocycles. The average molecular weight is 1500 g/mol. The van der Waals surface area contributed by atoms with Crippen molar-refractivity contribution in [3.8, 4) is 0 Å². The molecule has 40 atom stereocenters. The van der Waals surface area contributed by atoms with Crippen molar-refractivity contribution >= 4 is 47.8 Å². The predicted molar refractivity (Wildman–Crippen MR) is 285 cm³/mol. The van der Waals surface area contributed by atoms with Crippen LogP contribution in [-0.4, -0.2) is 442 Å². The summed E-state index contributed by atoms with van der Waals surface area (Å²) < 4.78 is 94.9. The number of esters is 4. The standard InChI is InChI=1S/C52H72O50/c53-5-7(55)29(37(71)72)97-47(17(5)65)95-27-13(61)22(70)52-93-25-12(60)19(67)49(99-33(25)40(77)78)94-26-10(58)16(64)42(80)90-34(26)44(82)86-3-4-88-46(84)36-28(14(62)21(69)51(101-36)91-23-9(57)15(63)41(79)89-31(23)38(73)74)96-50-20(68)11(59)24(32(100-50)39(75)76)92-48-18(66)6(54)8(56)30(98-48)43(81)85-1-2-87-45(83)35(27)102-52/h5-36,41-42,47-70,79-80H,1-4H2,(H,71,72)(H,73,74)(H,75,76)(H,77,78)/t5-,6-,7-,8-,9+,10+,11+,12+,13+,14+,15+,16+,17+,18+,19+,20+,21+,22+,23-,24-,25-,26-,27-,28-,29-,30-,31?,32?,33-,34?,35?,36-,41+,42+,47+,48+,49+,50+,51+,52+/m0/s1. The van der Waals surface area contributed by atoms with Crippen LogP contribution >= 0.6 is 0 Å². The van der Waals surface area contributed by atoms with Gasteiger partial charge in [-0.2, -0.15) is 0 Å². The molecule has 50 heteroatoms. The molecule has 50 nitrogen and oxygen atoms in total. The molecule has 0 aromatic rings. The number of aliphatic hydroxyl groups is 20. The zero-order valence-corrected chi connectivity index (χ0v) is 51.3. The molecule has 24 N–H and O–H groups in total. The van der Waals surface area contributed by atoms with Crippen molar-refractivity contribution in [2.24, 2.45) is 0 Å². The Bertz CT molecular complexity index is 2950. The smallest absolute Gasteiger partial charge is 0.338 e. The Morgan fingerprint density at radius 2 is 0.578 bits per heavy atom. The maximum Gasteiger partial charge on any atom is 0.338 e. The molecule has 580 valence electrons. The number of ether oxygens (including phenoxy) is 18. The lowest BCUT2D eigenvalue weighted by Gasteiger charge is -2.48. The number of carboxylic acid groups (broad SMARTS) is 4. The van der Waals surface area contributed by atoms with Crippen LogP contribution in [0.1, 0.15) is 0 Å². The summed E-state index contributed by atoms with van der Waals surface area (Å²) in [6.45, 7) is -4.86. The summed E-state index contributed by atoms with van der Waals surface area (Å²) in [6, 6.07) is 0. The van der Waals surface area contributed by atoms with Crippen LogP contribution in [0, 0.1) is 0 Å². The minimum atomic E-state index is -2.74. The van der Waals surface area contributed by atoms with E-state index in [4.69, 9.17) is 85.3 Å². The zero-order chi connectivity index (χ0) is 75.3. The minimum absolute atomic E-state index is 1.19. The van der Waals surface area contributed by atoms with Crippen molar-refractivity contribution in [2.45, 2.75) is 246 Å². The Balaban J connectivity index is 1.02. The van der Waals surface area contributed by atoms with Crippen molar-refractivity contribution in [1.82, 2.24) is 0 Å². The molecule has 4 unspecified atom stereocenters. The summed E-state index contributed by atoms with van der Waals surface area (Å²) in [5.41, 5.74) is 0. The van der Waals surface area contributed by atoms with E-state index < -0.39 is 320 Å². The van der Waals surface area contributed by atoms with Crippen molar-refractivity contribution in [1.29, 1.82) is 0 Å². The summed E-state index contributed by atoms with van der Waals surface area (Å²) in [5.74, 6) is -15.6. The second-order valence-electron chi connectivity index (χ2n) is 23.9. The second kappa shape index (κ2) is 33.0. The number of carbonyl (C=O) groups is 8. The molecule has 0 saturated carbocycles. The number of hydrogen-bond acceptors (Lipinski definition) is 46. The van der Waals surface area contributed by atoms with Gasteiger partial charge in [-0.3, -0.25) is 0 Å². The molecule has 12 fully saturated rings. The summed E-state index contributed by atoms with van der Waals surface area (Å²) in [6.07, 6.45) is -103. The molecule has 102 heavy (non-hydrogen) atoms. The topological polar surface area (TPSA) is 788 Å². The largest absolute Gasteiger partial charge is 0.479 e. The van der Waals surface area contributed by atoms with Crippen molar-refractivity contribution in [3.05, 3.63) is 0 Å². The van der Waals surface area contributed by atoms with Crippen LogP contribution in [-0.2, 0) is 124 Å². The Morgan fingerprint density at radius 3 is 1.06 bits per heavy atom. The molecule has 0 aliphatic carbocycles. The highest BCUT2D eigenvalue weighted by atomic mass is 16.8. The predicted octanol–water partition coefficient (Wildman–Crippen LogP) is -18.9. The summed E-state index contributed by atoms with van der Waals surface area (Å²) >= 11 is 0. The first kappa shape index (κ1) is 80.5. The number of carbonyl (C=O) groups excluding carboxylic acids is 4.